The standard InChI is InChI=1S/C23H33N7O3S/c1-18-24-21(28-11-9-27(4)10-12-28)17-22(25-18)29-13-15-30(16-14-29)23(31)19-5-7-20(8-6-19)34(32,33)26(2)3/h5-8,17H,9-16H2,1-4H3. The summed E-state index contributed by atoms with van der Waals surface area (Å²) in [5, 5.41) is 0. The number of aryl methyl sites for hydroxylation is 1. The molecule has 2 aromatic rings. The summed E-state index contributed by atoms with van der Waals surface area (Å²) in [5.74, 6) is 2.51. The zero-order valence-corrected chi connectivity index (χ0v) is 21.1. The lowest BCUT2D eigenvalue weighted by Gasteiger charge is -2.37. The Hall–Kier alpha value is -2.76. The van der Waals surface area contributed by atoms with Gasteiger partial charge >= 0.3 is 0 Å². The number of carbonyl (C=O) groups excluding carboxylic acids is 1. The first kappa shape index (κ1) is 24.4. The maximum absolute atomic E-state index is 13.0. The molecule has 2 aliphatic rings. The zero-order chi connectivity index (χ0) is 24.5. The molecule has 11 heteroatoms. The molecule has 0 saturated carbocycles. The van der Waals surface area contributed by atoms with Gasteiger partial charge in [0.2, 0.25) is 10.0 Å². The topological polar surface area (TPSA) is 93.2 Å². The number of amides is 1. The van der Waals surface area contributed by atoms with Crippen molar-refractivity contribution in [2.75, 3.05) is 83.3 Å². The summed E-state index contributed by atoms with van der Waals surface area (Å²) in [4.78, 5) is 31.1. The SMILES string of the molecule is Cc1nc(N2CCN(C)CC2)cc(N2CCN(C(=O)c3ccc(S(=O)(=O)N(C)C)cc3)CC2)n1. The summed E-state index contributed by atoms with van der Waals surface area (Å²) < 4.78 is 25.7. The van der Waals surface area contributed by atoms with Gasteiger partial charge in [-0.1, -0.05) is 0 Å². The van der Waals surface area contributed by atoms with E-state index in [1.807, 2.05) is 6.92 Å². The highest BCUT2D eigenvalue weighted by atomic mass is 32.2. The van der Waals surface area contributed by atoms with Crippen LogP contribution in [0.25, 0.3) is 0 Å². The molecule has 10 nitrogen and oxygen atoms in total. The van der Waals surface area contributed by atoms with E-state index >= 15 is 0 Å². The number of likely N-dealkylation sites (N-methyl/N-ethyl adjacent to an activating group) is 1. The number of hydrogen-bond acceptors (Lipinski definition) is 8. The molecule has 4 rings (SSSR count). The molecule has 0 spiro atoms. The largest absolute Gasteiger partial charge is 0.354 e. The Morgan fingerprint density at radius 1 is 0.853 bits per heavy atom. The minimum absolute atomic E-state index is 0.0922. The van der Waals surface area contributed by atoms with E-state index < -0.39 is 10.0 Å². The molecular weight excluding hydrogens is 454 g/mol. The first-order chi connectivity index (χ1) is 16.1. The maximum Gasteiger partial charge on any atom is 0.253 e. The van der Waals surface area contributed by atoms with Crippen molar-refractivity contribution in [1.82, 2.24) is 24.1 Å². The summed E-state index contributed by atoms with van der Waals surface area (Å²) in [6.07, 6.45) is 0. The second-order valence-electron chi connectivity index (χ2n) is 9.01. The summed E-state index contributed by atoms with van der Waals surface area (Å²) in [5.41, 5.74) is 0.487. The third kappa shape index (κ3) is 5.16. The quantitative estimate of drug-likeness (QED) is 0.610. The van der Waals surface area contributed by atoms with E-state index in [1.165, 1.54) is 26.2 Å². The zero-order valence-electron chi connectivity index (χ0n) is 20.3. The van der Waals surface area contributed by atoms with Gasteiger partial charge < -0.3 is 19.6 Å². The van der Waals surface area contributed by atoms with Gasteiger partial charge in [-0.15, -0.1) is 0 Å². The average molecular weight is 488 g/mol. The minimum Gasteiger partial charge on any atom is -0.354 e. The van der Waals surface area contributed by atoms with Crippen molar-refractivity contribution in [3.63, 3.8) is 0 Å². The number of rotatable bonds is 5. The van der Waals surface area contributed by atoms with E-state index in [9.17, 15) is 13.2 Å². The Bertz CT molecular complexity index is 1120. The molecule has 1 aromatic carbocycles. The van der Waals surface area contributed by atoms with Crippen LogP contribution in [0.15, 0.2) is 35.2 Å². The van der Waals surface area contributed by atoms with Crippen molar-refractivity contribution in [1.29, 1.82) is 0 Å². The van der Waals surface area contributed by atoms with Crippen molar-refractivity contribution in [2.45, 2.75) is 11.8 Å². The molecule has 2 fully saturated rings. The highest BCUT2D eigenvalue weighted by Gasteiger charge is 2.25. The lowest BCUT2D eigenvalue weighted by atomic mass is 10.2. The molecule has 1 aromatic heterocycles. The van der Waals surface area contributed by atoms with Crippen LogP contribution in [0.3, 0.4) is 0 Å². The maximum atomic E-state index is 13.0. The van der Waals surface area contributed by atoms with Crippen LogP contribution in [-0.4, -0.2) is 112 Å². The Kier molecular flexibility index (Phi) is 7.06. The van der Waals surface area contributed by atoms with Crippen molar-refractivity contribution < 1.29 is 13.2 Å². The number of piperazine rings is 2. The van der Waals surface area contributed by atoms with Crippen LogP contribution in [0.4, 0.5) is 11.6 Å². The normalized spacial score (nSPS) is 18.0. The van der Waals surface area contributed by atoms with Crippen LogP contribution in [0.1, 0.15) is 16.2 Å². The molecule has 0 atom stereocenters. The van der Waals surface area contributed by atoms with Crippen LogP contribution < -0.4 is 9.80 Å². The molecule has 34 heavy (non-hydrogen) atoms. The number of carbonyl (C=O) groups is 1. The van der Waals surface area contributed by atoms with E-state index in [4.69, 9.17) is 0 Å². The van der Waals surface area contributed by atoms with Gasteiger partial charge in [0.15, 0.2) is 0 Å². The van der Waals surface area contributed by atoms with E-state index in [2.05, 4.69) is 37.8 Å². The molecular formula is C23H33N7O3S. The van der Waals surface area contributed by atoms with Gasteiger partial charge in [-0.3, -0.25) is 4.79 Å². The molecule has 0 unspecified atom stereocenters. The van der Waals surface area contributed by atoms with E-state index in [0.29, 0.717) is 31.7 Å². The lowest BCUT2D eigenvalue weighted by molar-refractivity contribution is 0.0746. The van der Waals surface area contributed by atoms with Crippen molar-refractivity contribution >= 4 is 27.6 Å². The molecule has 0 radical (unpaired) electrons. The highest BCUT2D eigenvalue weighted by Crippen LogP contribution is 2.22. The van der Waals surface area contributed by atoms with Crippen LogP contribution in [-0.2, 0) is 10.0 Å². The van der Waals surface area contributed by atoms with Crippen LogP contribution in [0.2, 0.25) is 0 Å². The van der Waals surface area contributed by atoms with Crippen molar-refractivity contribution in [3.8, 4) is 0 Å². The second kappa shape index (κ2) is 9.85. The van der Waals surface area contributed by atoms with Gasteiger partial charge in [0.1, 0.15) is 17.5 Å². The summed E-state index contributed by atoms with van der Waals surface area (Å²) in [7, 11) is 1.59. The molecule has 0 N–H and O–H groups in total. The Morgan fingerprint density at radius 2 is 1.35 bits per heavy atom. The Labute approximate surface area is 201 Å². The number of hydrogen-bond donors (Lipinski definition) is 0. The predicted octanol–water partition coefficient (Wildman–Crippen LogP) is 0.750. The molecule has 1 amide bonds. The number of anilines is 2. The van der Waals surface area contributed by atoms with Gasteiger partial charge in [-0.05, 0) is 38.2 Å². The summed E-state index contributed by atoms with van der Waals surface area (Å²) in [6, 6.07) is 8.20. The van der Waals surface area contributed by atoms with Crippen molar-refractivity contribution in [3.05, 3.63) is 41.7 Å². The van der Waals surface area contributed by atoms with Gasteiger partial charge in [-0.2, -0.15) is 0 Å². The fourth-order valence-electron chi connectivity index (χ4n) is 4.20. The molecule has 3 heterocycles. The summed E-state index contributed by atoms with van der Waals surface area (Å²) in [6.45, 7) is 8.35. The van der Waals surface area contributed by atoms with Gasteiger partial charge in [0.05, 0.1) is 4.90 Å². The molecule has 0 aliphatic carbocycles. The van der Waals surface area contributed by atoms with E-state index in [0.717, 1.165) is 47.9 Å². The fraction of sp³-hybridized carbons (Fsp3) is 0.522. The Balaban J connectivity index is 1.40. The third-order valence-electron chi connectivity index (χ3n) is 6.41. The third-order valence-corrected chi connectivity index (χ3v) is 8.24. The van der Waals surface area contributed by atoms with E-state index in [1.54, 1.807) is 17.0 Å². The van der Waals surface area contributed by atoms with Crippen LogP contribution in [0.5, 0.6) is 0 Å². The number of aromatic nitrogens is 2. The molecule has 2 aliphatic heterocycles. The van der Waals surface area contributed by atoms with Gasteiger partial charge in [0, 0.05) is 78.1 Å². The predicted molar refractivity (Wildman–Crippen MR) is 132 cm³/mol. The monoisotopic (exact) mass is 487 g/mol. The number of benzene rings is 1. The Morgan fingerprint density at radius 3 is 1.85 bits per heavy atom. The van der Waals surface area contributed by atoms with E-state index in [-0.39, 0.29) is 10.8 Å². The van der Waals surface area contributed by atoms with Gasteiger partial charge in [0.25, 0.3) is 5.91 Å². The summed E-state index contributed by atoms with van der Waals surface area (Å²) >= 11 is 0. The van der Waals surface area contributed by atoms with Gasteiger partial charge in [-0.25, -0.2) is 22.7 Å². The number of sulfonamides is 1. The fourth-order valence-corrected chi connectivity index (χ4v) is 5.10. The van der Waals surface area contributed by atoms with Crippen LogP contribution >= 0.6 is 0 Å². The molecule has 0 bridgehead atoms. The first-order valence-corrected chi connectivity index (χ1v) is 12.9. The average Bonchev–Trinajstić information content (AvgIpc) is 2.83. The minimum atomic E-state index is -3.52. The lowest BCUT2D eigenvalue weighted by Crippen LogP contribution is -2.49. The number of nitrogens with zero attached hydrogens (tertiary/aromatic N) is 7. The second-order valence-corrected chi connectivity index (χ2v) is 11.2. The smallest absolute Gasteiger partial charge is 0.253 e. The molecule has 184 valence electrons. The highest BCUT2D eigenvalue weighted by molar-refractivity contribution is 7.89. The molecule has 2 saturated heterocycles. The first-order valence-electron chi connectivity index (χ1n) is 11.5. The van der Waals surface area contributed by atoms with Crippen molar-refractivity contribution in [2.24, 2.45) is 0 Å². The van der Waals surface area contributed by atoms with Crippen LogP contribution in [0, 0.1) is 6.92 Å².